The summed E-state index contributed by atoms with van der Waals surface area (Å²) in [5, 5.41) is 14.1. The van der Waals surface area contributed by atoms with Crippen molar-refractivity contribution in [1.29, 1.82) is 0 Å². The molecule has 3 rings (SSSR count). The zero-order chi connectivity index (χ0) is 19.8. The molecule has 150 valence electrons. The van der Waals surface area contributed by atoms with Gasteiger partial charge in [0.05, 0.1) is 25.3 Å². The molecule has 2 aromatic rings. The van der Waals surface area contributed by atoms with Crippen LogP contribution in [0.5, 0.6) is 0 Å². The second-order valence-electron chi connectivity index (χ2n) is 6.76. The SMILES string of the molecule is O=C(O)CCCNC(=O)Cc1csc(-c2cccc(CN3CCOCC3)c2)n1. The number of amides is 1. The predicted octanol–water partition coefficient (Wildman–Crippen LogP) is 2.17. The summed E-state index contributed by atoms with van der Waals surface area (Å²) in [6.07, 6.45) is 0.693. The number of ether oxygens (including phenoxy) is 1. The molecule has 1 aliphatic heterocycles. The lowest BCUT2D eigenvalue weighted by molar-refractivity contribution is -0.137. The minimum absolute atomic E-state index is 0.0575. The molecule has 0 atom stereocenters. The van der Waals surface area contributed by atoms with E-state index < -0.39 is 5.97 Å². The van der Waals surface area contributed by atoms with Crippen molar-refractivity contribution in [2.45, 2.75) is 25.8 Å². The van der Waals surface area contributed by atoms with Crippen molar-refractivity contribution >= 4 is 23.2 Å². The highest BCUT2D eigenvalue weighted by molar-refractivity contribution is 7.13. The first-order chi connectivity index (χ1) is 13.6. The second-order valence-corrected chi connectivity index (χ2v) is 7.62. The van der Waals surface area contributed by atoms with Gasteiger partial charge >= 0.3 is 5.97 Å². The van der Waals surface area contributed by atoms with Gasteiger partial charge in [-0.2, -0.15) is 0 Å². The fraction of sp³-hybridized carbons (Fsp3) is 0.450. The standard InChI is InChI=1S/C20H25N3O4S/c24-18(21-6-2-5-19(25)26)12-17-14-28-20(22-17)16-4-1-3-15(11-16)13-23-7-9-27-10-8-23/h1,3-4,11,14H,2,5-10,12-13H2,(H,21,24)(H,25,26). The van der Waals surface area contributed by atoms with Crippen LogP contribution in [0.3, 0.4) is 0 Å². The Morgan fingerprint density at radius 1 is 1.29 bits per heavy atom. The zero-order valence-electron chi connectivity index (χ0n) is 15.7. The van der Waals surface area contributed by atoms with Crippen LogP contribution >= 0.6 is 11.3 Å². The summed E-state index contributed by atoms with van der Waals surface area (Å²) >= 11 is 1.53. The minimum atomic E-state index is -0.853. The van der Waals surface area contributed by atoms with Crippen molar-refractivity contribution in [2.75, 3.05) is 32.8 Å². The number of nitrogens with one attached hydrogen (secondary N) is 1. The van der Waals surface area contributed by atoms with Crippen molar-refractivity contribution in [3.05, 3.63) is 40.9 Å². The largest absolute Gasteiger partial charge is 0.481 e. The van der Waals surface area contributed by atoms with Gasteiger partial charge in [0.15, 0.2) is 0 Å². The van der Waals surface area contributed by atoms with E-state index in [2.05, 4.69) is 27.3 Å². The average molecular weight is 404 g/mol. The van der Waals surface area contributed by atoms with Crippen molar-refractivity contribution in [3.63, 3.8) is 0 Å². The lowest BCUT2D eigenvalue weighted by atomic mass is 10.1. The maximum Gasteiger partial charge on any atom is 0.303 e. The number of hydrogen-bond acceptors (Lipinski definition) is 6. The molecule has 0 aliphatic carbocycles. The Morgan fingerprint density at radius 3 is 2.89 bits per heavy atom. The minimum Gasteiger partial charge on any atom is -0.481 e. The lowest BCUT2D eigenvalue weighted by Crippen LogP contribution is -2.35. The van der Waals surface area contributed by atoms with Crippen LogP contribution in [0.2, 0.25) is 0 Å². The van der Waals surface area contributed by atoms with Crippen LogP contribution in [0, 0.1) is 0 Å². The first-order valence-corrected chi connectivity index (χ1v) is 10.3. The van der Waals surface area contributed by atoms with Crippen molar-refractivity contribution in [2.24, 2.45) is 0 Å². The summed E-state index contributed by atoms with van der Waals surface area (Å²) in [6, 6.07) is 8.36. The maximum atomic E-state index is 12.0. The molecule has 0 spiro atoms. The molecule has 1 aromatic carbocycles. The molecule has 1 saturated heterocycles. The van der Waals surface area contributed by atoms with E-state index in [-0.39, 0.29) is 18.7 Å². The topological polar surface area (TPSA) is 91.8 Å². The van der Waals surface area contributed by atoms with E-state index in [9.17, 15) is 9.59 Å². The molecule has 1 amide bonds. The van der Waals surface area contributed by atoms with Crippen LogP contribution in [0.4, 0.5) is 0 Å². The Balaban J connectivity index is 1.53. The zero-order valence-corrected chi connectivity index (χ0v) is 16.5. The Hall–Kier alpha value is -2.29. The average Bonchev–Trinajstić information content (AvgIpc) is 3.15. The van der Waals surface area contributed by atoms with Gasteiger partial charge < -0.3 is 15.2 Å². The van der Waals surface area contributed by atoms with Crippen molar-refractivity contribution < 1.29 is 19.4 Å². The lowest BCUT2D eigenvalue weighted by Gasteiger charge is -2.26. The molecule has 0 saturated carbocycles. The van der Waals surface area contributed by atoms with Crippen LogP contribution in [0.25, 0.3) is 10.6 Å². The van der Waals surface area contributed by atoms with Crippen molar-refractivity contribution in [1.82, 2.24) is 15.2 Å². The quantitative estimate of drug-likeness (QED) is 0.624. The molecule has 1 aromatic heterocycles. The van der Waals surface area contributed by atoms with Crippen LogP contribution in [0.1, 0.15) is 24.1 Å². The number of aliphatic carboxylic acids is 1. The van der Waals surface area contributed by atoms with Gasteiger partial charge in [0.1, 0.15) is 5.01 Å². The molecule has 8 heteroatoms. The summed E-state index contributed by atoms with van der Waals surface area (Å²) in [6.45, 7) is 4.74. The van der Waals surface area contributed by atoms with Gasteiger partial charge in [0.2, 0.25) is 5.91 Å². The highest BCUT2D eigenvalue weighted by Gasteiger charge is 2.13. The smallest absolute Gasteiger partial charge is 0.303 e. The third-order valence-electron chi connectivity index (χ3n) is 4.47. The molecular weight excluding hydrogens is 378 g/mol. The fourth-order valence-corrected chi connectivity index (χ4v) is 3.85. The van der Waals surface area contributed by atoms with Gasteiger partial charge in [0, 0.05) is 43.5 Å². The number of carboxylic acids is 1. The second kappa shape index (κ2) is 10.3. The van der Waals surface area contributed by atoms with Gasteiger partial charge in [0.25, 0.3) is 0 Å². The van der Waals surface area contributed by atoms with Gasteiger partial charge in [-0.3, -0.25) is 14.5 Å². The number of morpholine rings is 1. The monoisotopic (exact) mass is 403 g/mol. The summed E-state index contributed by atoms with van der Waals surface area (Å²) < 4.78 is 5.40. The number of aromatic nitrogens is 1. The third kappa shape index (κ3) is 6.40. The van der Waals surface area contributed by atoms with E-state index in [0.717, 1.165) is 49.1 Å². The van der Waals surface area contributed by atoms with Crippen molar-refractivity contribution in [3.8, 4) is 10.6 Å². The first kappa shape index (κ1) is 20.4. The molecule has 0 radical (unpaired) electrons. The number of hydrogen-bond donors (Lipinski definition) is 2. The third-order valence-corrected chi connectivity index (χ3v) is 5.41. The summed E-state index contributed by atoms with van der Waals surface area (Å²) in [4.78, 5) is 29.4. The number of thiazole rings is 1. The Labute approximate surface area is 168 Å². The fourth-order valence-electron chi connectivity index (χ4n) is 3.04. The van der Waals surface area contributed by atoms with E-state index in [1.165, 1.54) is 16.9 Å². The van der Waals surface area contributed by atoms with Crippen LogP contribution in [0.15, 0.2) is 29.6 Å². The van der Waals surface area contributed by atoms with E-state index in [1.54, 1.807) is 0 Å². The van der Waals surface area contributed by atoms with Crippen LogP contribution in [-0.4, -0.2) is 59.7 Å². The molecule has 0 bridgehead atoms. The number of carbonyl (C=O) groups excluding carboxylic acids is 1. The highest BCUT2D eigenvalue weighted by atomic mass is 32.1. The molecular formula is C20H25N3O4S. The van der Waals surface area contributed by atoms with E-state index in [4.69, 9.17) is 9.84 Å². The van der Waals surface area contributed by atoms with Gasteiger partial charge in [-0.25, -0.2) is 4.98 Å². The number of carbonyl (C=O) groups is 2. The molecule has 2 N–H and O–H groups in total. The Bertz CT molecular complexity index is 802. The molecule has 1 aliphatic rings. The normalized spacial score (nSPS) is 14.7. The predicted molar refractivity (Wildman–Crippen MR) is 107 cm³/mol. The molecule has 28 heavy (non-hydrogen) atoms. The first-order valence-electron chi connectivity index (χ1n) is 9.42. The molecule has 0 unspecified atom stereocenters. The van der Waals surface area contributed by atoms with Crippen LogP contribution < -0.4 is 5.32 Å². The molecule has 7 nitrogen and oxygen atoms in total. The summed E-state index contributed by atoms with van der Waals surface area (Å²) in [5.41, 5.74) is 3.03. The van der Waals surface area contributed by atoms with Crippen LogP contribution in [-0.2, 0) is 27.3 Å². The van der Waals surface area contributed by atoms with Gasteiger partial charge in [-0.15, -0.1) is 11.3 Å². The molecule has 2 heterocycles. The maximum absolute atomic E-state index is 12.0. The number of carboxylic acid groups (broad SMARTS) is 1. The summed E-state index contributed by atoms with van der Waals surface area (Å²) in [7, 11) is 0. The van der Waals surface area contributed by atoms with E-state index >= 15 is 0 Å². The van der Waals surface area contributed by atoms with Gasteiger partial charge in [-0.1, -0.05) is 18.2 Å². The van der Waals surface area contributed by atoms with E-state index in [0.29, 0.717) is 13.0 Å². The number of rotatable bonds is 9. The number of nitrogens with zero attached hydrogens (tertiary/aromatic N) is 2. The highest BCUT2D eigenvalue weighted by Crippen LogP contribution is 2.25. The Morgan fingerprint density at radius 2 is 2.11 bits per heavy atom. The molecule has 1 fully saturated rings. The van der Waals surface area contributed by atoms with E-state index in [1.807, 2.05) is 17.5 Å². The number of benzene rings is 1. The van der Waals surface area contributed by atoms with Gasteiger partial charge in [-0.05, 0) is 18.1 Å². The summed E-state index contributed by atoms with van der Waals surface area (Å²) in [5.74, 6) is -0.988. The Kier molecular flexibility index (Phi) is 7.53.